The Morgan fingerprint density at radius 3 is 2.79 bits per heavy atom. The number of unbranched alkanes of at least 4 members (excludes halogenated alkanes) is 1. The van der Waals surface area contributed by atoms with Gasteiger partial charge in [-0.1, -0.05) is 32.3 Å². The molecule has 0 bridgehead atoms. The van der Waals surface area contributed by atoms with E-state index in [0.29, 0.717) is 5.13 Å². The molecule has 0 radical (unpaired) electrons. The third-order valence-electron chi connectivity index (χ3n) is 4.85. The number of nitrogens with zero attached hydrogens (tertiary/aromatic N) is 2. The zero-order valence-electron chi connectivity index (χ0n) is 14.2. The van der Waals surface area contributed by atoms with Gasteiger partial charge in [-0.3, -0.25) is 9.78 Å². The fourth-order valence-electron chi connectivity index (χ4n) is 3.38. The Morgan fingerprint density at radius 1 is 1.25 bits per heavy atom. The fourth-order valence-corrected chi connectivity index (χ4v) is 4.08. The molecule has 5 heteroatoms. The molecule has 3 rings (SSSR count). The van der Waals surface area contributed by atoms with Crippen LogP contribution < -0.4 is 5.32 Å². The summed E-state index contributed by atoms with van der Waals surface area (Å²) in [5, 5.41) is 5.62. The zero-order valence-corrected chi connectivity index (χ0v) is 15.0. The van der Waals surface area contributed by atoms with Gasteiger partial charge in [0.15, 0.2) is 5.13 Å². The number of thiazole rings is 1. The summed E-state index contributed by atoms with van der Waals surface area (Å²) in [4.78, 5) is 21.3. The van der Waals surface area contributed by atoms with E-state index in [1.807, 2.05) is 23.6 Å². The van der Waals surface area contributed by atoms with Gasteiger partial charge in [0.2, 0.25) is 5.91 Å². The molecular weight excluding hydrogens is 318 g/mol. The molecule has 1 aliphatic carbocycles. The molecule has 2 heterocycles. The number of anilines is 1. The summed E-state index contributed by atoms with van der Waals surface area (Å²) in [6.07, 6.45) is 10.1. The molecule has 0 atom stereocenters. The summed E-state index contributed by atoms with van der Waals surface area (Å²) in [7, 11) is 0. The first-order valence-electron chi connectivity index (χ1n) is 8.94. The van der Waals surface area contributed by atoms with Crippen molar-refractivity contribution < 1.29 is 4.79 Å². The maximum atomic E-state index is 12.5. The minimum absolute atomic E-state index is 0.130. The van der Waals surface area contributed by atoms with E-state index in [1.165, 1.54) is 43.4 Å². The summed E-state index contributed by atoms with van der Waals surface area (Å²) >= 11 is 1.47. The van der Waals surface area contributed by atoms with Gasteiger partial charge in [-0.25, -0.2) is 4.98 Å². The van der Waals surface area contributed by atoms with Crippen LogP contribution in [0.15, 0.2) is 29.8 Å². The number of carbonyl (C=O) groups excluding carboxylic acids is 1. The lowest BCUT2D eigenvalue weighted by molar-refractivity contribution is -0.121. The molecule has 1 fully saturated rings. The number of pyridine rings is 1. The van der Waals surface area contributed by atoms with Crippen LogP contribution in [0.2, 0.25) is 0 Å². The summed E-state index contributed by atoms with van der Waals surface area (Å²) < 4.78 is 0. The molecule has 1 aliphatic rings. The van der Waals surface area contributed by atoms with Crippen molar-refractivity contribution in [1.82, 2.24) is 9.97 Å². The SMILES string of the molecule is CCCCC1CCC(C(=O)Nc2nc(-c3ccccn3)cs2)CC1. The van der Waals surface area contributed by atoms with Crippen molar-refractivity contribution >= 4 is 22.4 Å². The van der Waals surface area contributed by atoms with Crippen molar-refractivity contribution in [2.24, 2.45) is 11.8 Å². The van der Waals surface area contributed by atoms with Crippen molar-refractivity contribution in [1.29, 1.82) is 0 Å². The predicted octanol–water partition coefficient (Wildman–Crippen LogP) is 5.14. The van der Waals surface area contributed by atoms with Gasteiger partial charge in [0.25, 0.3) is 0 Å². The van der Waals surface area contributed by atoms with Gasteiger partial charge in [0.05, 0.1) is 5.69 Å². The Hall–Kier alpha value is -1.75. The fraction of sp³-hybridized carbons (Fsp3) is 0.526. The van der Waals surface area contributed by atoms with E-state index in [9.17, 15) is 4.79 Å². The third kappa shape index (κ3) is 4.41. The highest BCUT2D eigenvalue weighted by molar-refractivity contribution is 7.14. The Labute approximate surface area is 147 Å². The lowest BCUT2D eigenvalue weighted by Gasteiger charge is -2.27. The smallest absolute Gasteiger partial charge is 0.229 e. The van der Waals surface area contributed by atoms with Crippen LogP contribution in [0.3, 0.4) is 0 Å². The Bertz CT molecular complexity index is 648. The second-order valence-electron chi connectivity index (χ2n) is 6.60. The molecule has 0 saturated heterocycles. The second kappa shape index (κ2) is 8.38. The number of carbonyl (C=O) groups is 1. The number of aromatic nitrogens is 2. The number of hydrogen-bond donors (Lipinski definition) is 1. The highest BCUT2D eigenvalue weighted by atomic mass is 32.1. The third-order valence-corrected chi connectivity index (χ3v) is 5.60. The molecule has 128 valence electrons. The van der Waals surface area contributed by atoms with Crippen molar-refractivity contribution in [3.05, 3.63) is 29.8 Å². The highest BCUT2D eigenvalue weighted by Crippen LogP contribution is 2.33. The Morgan fingerprint density at radius 2 is 2.08 bits per heavy atom. The zero-order chi connectivity index (χ0) is 16.8. The maximum absolute atomic E-state index is 12.5. The molecule has 1 saturated carbocycles. The summed E-state index contributed by atoms with van der Waals surface area (Å²) in [5.74, 6) is 1.10. The molecule has 2 aromatic rings. The average molecular weight is 343 g/mol. The van der Waals surface area contributed by atoms with E-state index < -0.39 is 0 Å². The van der Waals surface area contributed by atoms with Gasteiger partial charge < -0.3 is 5.32 Å². The Kier molecular flexibility index (Phi) is 5.96. The number of amides is 1. The van der Waals surface area contributed by atoms with Gasteiger partial charge in [-0.2, -0.15) is 0 Å². The van der Waals surface area contributed by atoms with Gasteiger partial charge in [0.1, 0.15) is 5.69 Å². The van der Waals surface area contributed by atoms with Gasteiger partial charge in [0, 0.05) is 17.5 Å². The van der Waals surface area contributed by atoms with Crippen molar-refractivity contribution in [3.8, 4) is 11.4 Å². The van der Waals surface area contributed by atoms with E-state index in [4.69, 9.17) is 0 Å². The van der Waals surface area contributed by atoms with Crippen molar-refractivity contribution in [2.75, 3.05) is 5.32 Å². The van der Waals surface area contributed by atoms with Crippen LogP contribution in [0.1, 0.15) is 51.9 Å². The molecule has 0 aromatic carbocycles. The highest BCUT2D eigenvalue weighted by Gasteiger charge is 2.26. The molecule has 1 amide bonds. The molecule has 0 unspecified atom stereocenters. The molecule has 2 aromatic heterocycles. The first-order valence-corrected chi connectivity index (χ1v) is 9.82. The van der Waals surface area contributed by atoms with Crippen molar-refractivity contribution in [3.63, 3.8) is 0 Å². The Balaban J connectivity index is 1.52. The van der Waals surface area contributed by atoms with E-state index in [1.54, 1.807) is 6.20 Å². The van der Waals surface area contributed by atoms with Gasteiger partial charge in [-0.05, 0) is 43.7 Å². The number of nitrogens with one attached hydrogen (secondary N) is 1. The maximum Gasteiger partial charge on any atom is 0.229 e. The summed E-state index contributed by atoms with van der Waals surface area (Å²) in [6, 6.07) is 5.75. The van der Waals surface area contributed by atoms with E-state index in [0.717, 1.165) is 30.1 Å². The minimum Gasteiger partial charge on any atom is -0.302 e. The van der Waals surface area contributed by atoms with E-state index >= 15 is 0 Å². The van der Waals surface area contributed by atoms with Crippen LogP contribution in [-0.2, 0) is 4.79 Å². The largest absolute Gasteiger partial charge is 0.302 e. The first-order chi connectivity index (χ1) is 11.8. The number of rotatable bonds is 6. The van der Waals surface area contributed by atoms with Crippen LogP contribution in [-0.4, -0.2) is 15.9 Å². The van der Waals surface area contributed by atoms with E-state index in [-0.39, 0.29) is 11.8 Å². The monoisotopic (exact) mass is 343 g/mol. The second-order valence-corrected chi connectivity index (χ2v) is 7.46. The van der Waals surface area contributed by atoms with Crippen molar-refractivity contribution in [2.45, 2.75) is 51.9 Å². The van der Waals surface area contributed by atoms with Gasteiger partial charge in [-0.15, -0.1) is 11.3 Å². The lowest BCUT2D eigenvalue weighted by Crippen LogP contribution is -2.27. The standard InChI is InChI=1S/C19H25N3OS/c1-2-3-6-14-8-10-15(11-9-14)18(23)22-19-21-17(13-24-19)16-7-4-5-12-20-16/h4-5,7,12-15H,2-3,6,8-11H2,1H3,(H,21,22,23). The minimum atomic E-state index is 0.130. The molecule has 24 heavy (non-hydrogen) atoms. The summed E-state index contributed by atoms with van der Waals surface area (Å²) in [6.45, 7) is 2.24. The number of hydrogen-bond acceptors (Lipinski definition) is 4. The quantitative estimate of drug-likeness (QED) is 0.790. The van der Waals surface area contributed by atoms with Crippen LogP contribution >= 0.6 is 11.3 Å². The topological polar surface area (TPSA) is 54.9 Å². The molecule has 0 aliphatic heterocycles. The molecule has 4 nitrogen and oxygen atoms in total. The van der Waals surface area contributed by atoms with Crippen LogP contribution in [0.4, 0.5) is 5.13 Å². The van der Waals surface area contributed by atoms with Crippen LogP contribution in [0.5, 0.6) is 0 Å². The van der Waals surface area contributed by atoms with Crippen LogP contribution in [0, 0.1) is 11.8 Å². The molecule has 0 spiro atoms. The normalized spacial score (nSPS) is 20.7. The lowest BCUT2D eigenvalue weighted by atomic mass is 9.79. The average Bonchev–Trinajstić information content (AvgIpc) is 3.09. The van der Waals surface area contributed by atoms with Gasteiger partial charge >= 0.3 is 0 Å². The van der Waals surface area contributed by atoms with E-state index in [2.05, 4.69) is 22.2 Å². The predicted molar refractivity (Wildman–Crippen MR) is 98.9 cm³/mol. The molecule has 1 N–H and O–H groups in total. The van der Waals surface area contributed by atoms with Crippen LogP contribution in [0.25, 0.3) is 11.4 Å². The summed E-state index contributed by atoms with van der Waals surface area (Å²) in [5.41, 5.74) is 1.66. The molecular formula is C19H25N3OS. The first kappa shape index (κ1) is 17.1.